The van der Waals surface area contributed by atoms with Crippen molar-refractivity contribution in [2.45, 2.75) is 44.6 Å². The first-order chi connectivity index (χ1) is 13.0. The lowest BCUT2D eigenvalue weighted by atomic mass is 9.82. The molecule has 0 aliphatic heterocycles. The number of carbonyl (C=O) groups is 3. The molecule has 2 amide bonds. The highest BCUT2D eigenvalue weighted by molar-refractivity contribution is 7.17. The maximum absolute atomic E-state index is 13.0. The number of thiophene rings is 1. The van der Waals surface area contributed by atoms with Gasteiger partial charge in [-0.05, 0) is 55.9 Å². The third kappa shape index (κ3) is 2.79. The van der Waals surface area contributed by atoms with Gasteiger partial charge >= 0.3 is 5.97 Å². The van der Waals surface area contributed by atoms with Crippen LogP contribution >= 0.6 is 11.3 Å². The molecule has 1 heterocycles. The molecule has 2 saturated carbocycles. The van der Waals surface area contributed by atoms with Crippen LogP contribution in [0.15, 0.2) is 12.2 Å². The molecule has 6 nitrogen and oxygen atoms in total. The van der Waals surface area contributed by atoms with Crippen LogP contribution in [0.2, 0.25) is 0 Å². The molecule has 1 aromatic heterocycles. The number of hydrogen-bond donors (Lipinski definition) is 3. The minimum absolute atomic E-state index is 0.0216. The zero-order valence-electron chi connectivity index (χ0n) is 14.9. The predicted molar refractivity (Wildman–Crippen MR) is 101 cm³/mol. The first-order valence-corrected chi connectivity index (χ1v) is 10.5. The summed E-state index contributed by atoms with van der Waals surface area (Å²) in [5.41, 5.74) is 1.68. The van der Waals surface area contributed by atoms with Crippen LogP contribution in [0, 0.1) is 23.7 Å². The van der Waals surface area contributed by atoms with Crippen molar-refractivity contribution < 1.29 is 19.5 Å². The van der Waals surface area contributed by atoms with Gasteiger partial charge in [0, 0.05) is 10.9 Å². The highest BCUT2D eigenvalue weighted by atomic mass is 32.1. The summed E-state index contributed by atoms with van der Waals surface area (Å²) in [6.07, 6.45) is 9.50. The van der Waals surface area contributed by atoms with Crippen molar-refractivity contribution in [1.82, 2.24) is 5.32 Å². The van der Waals surface area contributed by atoms with E-state index in [0.717, 1.165) is 44.1 Å². The highest BCUT2D eigenvalue weighted by Gasteiger charge is 2.51. The van der Waals surface area contributed by atoms with Crippen molar-refractivity contribution in [2.24, 2.45) is 23.7 Å². The molecule has 4 aliphatic rings. The average molecular weight is 386 g/mol. The number of allylic oxidation sites excluding steroid dienone is 2. The Kier molecular flexibility index (Phi) is 3.89. The fourth-order valence-electron chi connectivity index (χ4n) is 4.93. The number of anilines is 1. The first-order valence-electron chi connectivity index (χ1n) is 9.70. The topological polar surface area (TPSA) is 95.5 Å². The molecule has 27 heavy (non-hydrogen) atoms. The number of fused-ring (bicyclic) bond motifs is 3. The van der Waals surface area contributed by atoms with Crippen LogP contribution < -0.4 is 10.6 Å². The Balaban J connectivity index is 1.42. The van der Waals surface area contributed by atoms with Crippen molar-refractivity contribution >= 4 is 34.1 Å². The molecule has 4 unspecified atom stereocenters. The minimum atomic E-state index is -0.910. The molecule has 7 heteroatoms. The van der Waals surface area contributed by atoms with Gasteiger partial charge in [-0.15, -0.1) is 11.3 Å². The minimum Gasteiger partial charge on any atom is -0.481 e. The van der Waals surface area contributed by atoms with Gasteiger partial charge in [-0.1, -0.05) is 12.2 Å². The molecule has 0 aromatic carbocycles. The van der Waals surface area contributed by atoms with Gasteiger partial charge in [-0.2, -0.15) is 0 Å². The molecule has 2 fully saturated rings. The molecule has 2 bridgehead atoms. The van der Waals surface area contributed by atoms with E-state index >= 15 is 0 Å². The Hall–Kier alpha value is -2.15. The summed E-state index contributed by atoms with van der Waals surface area (Å²) in [5.74, 6) is -2.59. The number of amides is 2. The van der Waals surface area contributed by atoms with Crippen LogP contribution in [0.1, 0.15) is 46.5 Å². The van der Waals surface area contributed by atoms with Crippen molar-refractivity contribution in [3.05, 3.63) is 28.2 Å². The van der Waals surface area contributed by atoms with Gasteiger partial charge in [0.25, 0.3) is 5.91 Å². The van der Waals surface area contributed by atoms with Crippen molar-refractivity contribution in [3.8, 4) is 0 Å². The van der Waals surface area contributed by atoms with Gasteiger partial charge in [0.05, 0.1) is 17.4 Å². The summed E-state index contributed by atoms with van der Waals surface area (Å²) in [6, 6.07) is 0.255. The highest BCUT2D eigenvalue weighted by Crippen LogP contribution is 2.49. The number of carboxylic acid groups (broad SMARTS) is 1. The van der Waals surface area contributed by atoms with Crippen LogP contribution in [-0.4, -0.2) is 28.9 Å². The number of hydrogen-bond acceptors (Lipinski definition) is 4. The van der Waals surface area contributed by atoms with E-state index in [1.165, 1.54) is 16.2 Å². The molecular weight excluding hydrogens is 364 g/mol. The number of carboxylic acids is 1. The van der Waals surface area contributed by atoms with Crippen molar-refractivity contribution in [1.29, 1.82) is 0 Å². The molecule has 0 radical (unpaired) electrons. The van der Waals surface area contributed by atoms with Gasteiger partial charge in [-0.3, -0.25) is 14.4 Å². The van der Waals surface area contributed by atoms with E-state index in [-0.39, 0.29) is 29.7 Å². The molecule has 0 saturated heterocycles. The molecule has 142 valence electrons. The second-order valence-corrected chi connectivity index (χ2v) is 9.24. The normalized spacial score (nSPS) is 30.4. The number of rotatable bonds is 5. The fraction of sp³-hybridized carbons (Fsp3) is 0.550. The van der Waals surface area contributed by atoms with Crippen molar-refractivity contribution in [2.75, 3.05) is 5.32 Å². The molecule has 4 aliphatic carbocycles. The van der Waals surface area contributed by atoms with E-state index in [2.05, 4.69) is 10.6 Å². The Bertz CT molecular complexity index is 870. The number of aliphatic carboxylic acids is 1. The average Bonchev–Trinajstić information content (AvgIpc) is 3.02. The van der Waals surface area contributed by atoms with Gasteiger partial charge in [-0.25, -0.2) is 0 Å². The van der Waals surface area contributed by atoms with Gasteiger partial charge in [0.15, 0.2) is 0 Å². The van der Waals surface area contributed by atoms with E-state index in [1.54, 1.807) is 0 Å². The van der Waals surface area contributed by atoms with E-state index in [4.69, 9.17) is 0 Å². The summed E-state index contributed by atoms with van der Waals surface area (Å²) in [7, 11) is 0. The molecule has 0 spiro atoms. The Morgan fingerprint density at radius 1 is 1.07 bits per heavy atom. The quantitative estimate of drug-likeness (QED) is 0.678. The molecule has 1 aromatic rings. The second-order valence-electron chi connectivity index (χ2n) is 8.14. The van der Waals surface area contributed by atoms with E-state index in [9.17, 15) is 19.5 Å². The molecular formula is C20H22N2O4S. The summed E-state index contributed by atoms with van der Waals surface area (Å²) < 4.78 is 0. The first kappa shape index (κ1) is 17.0. The number of carbonyl (C=O) groups excluding carboxylic acids is 2. The third-order valence-corrected chi connectivity index (χ3v) is 7.55. The second kappa shape index (κ2) is 6.19. The summed E-state index contributed by atoms with van der Waals surface area (Å²) in [4.78, 5) is 38.7. The zero-order valence-corrected chi connectivity index (χ0v) is 15.7. The van der Waals surface area contributed by atoms with E-state index < -0.39 is 17.8 Å². The zero-order chi connectivity index (χ0) is 18.7. The van der Waals surface area contributed by atoms with Crippen molar-refractivity contribution in [3.63, 3.8) is 0 Å². The van der Waals surface area contributed by atoms with E-state index in [1.807, 2.05) is 12.2 Å². The van der Waals surface area contributed by atoms with E-state index in [0.29, 0.717) is 10.6 Å². The maximum Gasteiger partial charge on any atom is 0.307 e. The summed E-state index contributed by atoms with van der Waals surface area (Å²) in [5, 5.41) is 16.2. The lowest BCUT2D eigenvalue weighted by Crippen LogP contribution is -2.36. The van der Waals surface area contributed by atoms with Gasteiger partial charge < -0.3 is 15.7 Å². The van der Waals surface area contributed by atoms with Crippen LogP contribution in [0.4, 0.5) is 5.00 Å². The Morgan fingerprint density at radius 2 is 1.81 bits per heavy atom. The standard InChI is InChI=1S/C20H22N2O4S/c23-17(14-9-4-5-10(8-9)15(14)20(25)26)22-19-16(18(24)21-11-6-7-11)12-2-1-3-13(12)27-19/h4-5,9-11,14-15H,1-3,6-8H2,(H,21,24)(H,22,23)(H,25,26). The van der Waals surface area contributed by atoms with Gasteiger partial charge in [0.1, 0.15) is 5.00 Å². The fourth-order valence-corrected chi connectivity index (χ4v) is 6.22. The largest absolute Gasteiger partial charge is 0.481 e. The number of aryl methyl sites for hydroxylation is 1. The summed E-state index contributed by atoms with van der Waals surface area (Å²) in [6.45, 7) is 0. The van der Waals surface area contributed by atoms with Crippen LogP contribution in [-0.2, 0) is 22.4 Å². The van der Waals surface area contributed by atoms with Crippen LogP contribution in [0.5, 0.6) is 0 Å². The third-order valence-electron chi connectivity index (χ3n) is 6.34. The monoisotopic (exact) mass is 386 g/mol. The lowest BCUT2D eigenvalue weighted by Gasteiger charge is -2.23. The number of nitrogens with one attached hydrogen (secondary N) is 2. The molecule has 5 rings (SSSR count). The lowest BCUT2D eigenvalue weighted by molar-refractivity contribution is -0.146. The van der Waals surface area contributed by atoms with Gasteiger partial charge in [0.2, 0.25) is 5.91 Å². The van der Waals surface area contributed by atoms with Crippen LogP contribution in [0.25, 0.3) is 0 Å². The molecule has 4 atom stereocenters. The maximum atomic E-state index is 13.0. The molecule has 3 N–H and O–H groups in total. The predicted octanol–water partition coefficient (Wildman–Crippen LogP) is 2.59. The SMILES string of the molecule is O=C(NC1CC1)c1c(NC(=O)C2C3C=CC(C3)C2C(=O)O)sc2c1CCC2. The summed E-state index contributed by atoms with van der Waals surface area (Å²) >= 11 is 1.48. The Labute approximate surface area is 161 Å². The smallest absolute Gasteiger partial charge is 0.307 e. The van der Waals surface area contributed by atoms with Crippen LogP contribution in [0.3, 0.4) is 0 Å². The Morgan fingerprint density at radius 3 is 2.52 bits per heavy atom.